The highest BCUT2D eigenvalue weighted by molar-refractivity contribution is 6.33. The van der Waals surface area contributed by atoms with Crippen molar-refractivity contribution in [2.24, 2.45) is 4.99 Å². The van der Waals surface area contributed by atoms with Crippen LogP contribution in [0.2, 0.25) is 5.02 Å². The van der Waals surface area contributed by atoms with Gasteiger partial charge < -0.3 is 14.0 Å². The molecule has 0 saturated carbocycles. The molecule has 1 aliphatic heterocycles. The molecule has 1 aromatic carbocycles. The van der Waals surface area contributed by atoms with E-state index in [1.54, 1.807) is 48.0 Å². The van der Waals surface area contributed by atoms with E-state index in [4.69, 9.17) is 26.1 Å². The summed E-state index contributed by atoms with van der Waals surface area (Å²) in [5, 5.41) is 0.437. The van der Waals surface area contributed by atoms with Gasteiger partial charge in [0.05, 0.1) is 35.2 Å². The maximum absolute atomic E-state index is 13.6. The normalized spacial score (nSPS) is 16.0. The van der Waals surface area contributed by atoms with Crippen LogP contribution in [0.4, 0.5) is 0 Å². The number of aromatic nitrogens is 3. The van der Waals surface area contributed by atoms with Crippen molar-refractivity contribution < 1.29 is 19.1 Å². The SMILES string of the molecule is CCOC(=O)c1cc2c(=O)n3cccc(C)c3nc2n(CC2CCCO2)c1=NC(=O)c1ccccc1Cl. The molecule has 5 rings (SSSR count). The molecule has 4 heterocycles. The Morgan fingerprint density at radius 3 is 2.73 bits per heavy atom. The average Bonchev–Trinajstić information content (AvgIpc) is 3.40. The molecule has 0 bridgehead atoms. The summed E-state index contributed by atoms with van der Waals surface area (Å²) in [5.74, 6) is -1.34. The lowest BCUT2D eigenvalue weighted by Gasteiger charge is -2.18. The summed E-state index contributed by atoms with van der Waals surface area (Å²) in [5.41, 5.74) is 1.42. The lowest BCUT2D eigenvalue weighted by Crippen LogP contribution is -2.35. The number of fused-ring (bicyclic) bond motifs is 2. The van der Waals surface area contributed by atoms with Crippen LogP contribution in [0, 0.1) is 6.92 Å². The van der Waals surface area contributed by atoms with Crippen LogP contribution < -0.4 is 11.0 Å². The summed E-state index contributed by atoms with van der Waals surface area (Å²) >= 11 is 6.26. The Balaban J connectivity index is 1.89. The van der Waals surface area contributed by atoms with Gasteiger partial charge in [-0.25, -0.2) is 9.78 Å². The second-order valence-electron chi connectivity index (χ2n) is 8.78. The Kier molecular flexibility index (Phi) is 6.90. The van der Waals surface area contributed by atoms with Gasteiger partial charge in [-0.05, 0) is 56.5 Å². The highest BCUT2D eigenvalue weighted by Crippen LogP contribution is 2.19. The molecule has 1 saturated heterocycles. The molecule has 1 aliphatic rings. The quantitative estimate of drug-likeness (QED) is 0.293. The first kappa shape index (κ1) is 24.9. The van der Waals surface area contributed by atoms with Crippen LogP contribution in [0.25, 0.3) is 16.7 Å². The standard InChI is InChI=1S/C27H25ClN4O5/c1-3-36-27(35)20-14-19-23(29-22-16(2)8-6-12-31(22)26(19)34)32(15-17-9-7-13-37-17)24(20)30-25(33)18-10-4-5-11-21(18)28/h4-6,8,10-12,14,17H,3,7,9,13,15H2,1-2H3. The van der Waals surface area contributed by atoms with E-state index in [9.17, 15) is 14.4 Å². The lowest BCUT2D eigenvalue weighted by molar-refractivity contribution is 0.0521. The zero-order valence-corrected chi connectivity index (χ0v) is 21.2. The molecule has 10 heteroatoms. The van der Waals surface area contributed by atoms with E-state index in [0.29, 0.717) is 17.9 Å². The predicted octanol–water partition coefficient (Wildman–Crippen LogP) is 3.71. The molecule has 190 valence electrons. The molecular formula is C27H25ClN4O5. The van der Waals surface area contributed by atoms with Gasteiger partial charge in [-0.15, -0.1) is 0 Å². The number of rotatable bonds is 5. The first-order valence-electron chi connectivity index (χ1n) is 12.1. The fourth-order valence-corrected chi connectivity index (χ4v) is 4.74. The van der Waals surface area contributed by atoms with Crippen LogP contribution in [0.1, 0.15) is 46.0 Å². The van der Waals surface area contributed by atoms with Gasteiger partial charge in [-0.1, -0.05) is 29.8 Å². The van der Waals surface area contributed by atoms with Crippen LogP contribution in [0.5, 0.6) is 0 Å². The third kappa shape index (κ3) is 4.68. The number of carbonyl (C=O) groups is 2. The fourth-order valence-electron chi connectivity index (χ4n) is 4.52. The summed E-state index contributed by atoms with van der Waals surface area (Å²) in [6.45, 7) is 4.49. The van der Waals surface area contributed by atoms with Crippen molar-refractivity contribution in [1.82, 2.24) is 14.0 Å². The smallest absolute Gasteiger partial charge is 0.341 e. The van der Waals surface area contributed by atoms with Crippen molar-refractivity contribution in [3.63, 3.8) is 0 Å². The molecule has 37 heavy (non-hydrogen) atoms. The summed E-state index contributed by atoms with van der Waals surface area (Å²) in [7, 11) is 0. The van der Waals surface area contributed by atoms with Gasteiger partial charge in [0.2, 0.25) is 0 Å². The molecular weight excluding hydrogens is 496 g/mol. The van der Waals surface area contributed by atoms with Gasteiger partial charge in [0, 0.05) is 12.8 Å². The highest BCUT2D eigenvalue weighted by atomic mass is 35.5. The second kappa shape index (κ2) is 10.3. The van der Waals surface area contributed by atoms with Crippen LogP contribution in [0.3, 0.4) is 0 Å². The van der Waals surface area contributed by atoms with Gasteiger partial charge in [0.15, 0.2) is 5.49 Å². The Morgan fingerprint density at radius 1 is 1.19 bits per heavy atom. The number of amides is 1. The van der Waals surface area contributed by atoms with Crippen molar-refractivity contribution in [3.8, 4) is 0 Å². The monoisotopic (exact) mass is 520 g/mol. The average molecular weight is 521 g/mol. The van der Waals surface area contributed by atoms with Crippen molar-refractivity contribution in [1.29, 1.82) is 0 Å². The van der Waals surface area contributed by atoms with E-state index < -0.39 is 11.9 Å². The van der Waals surface area contributed by atoms with Gasteiger partial charge in [-0.3, -0.25) is 14.0 Å². The largest absolute Gasteiger partial charge is 0.462 e. The second-order valence-corrected chi connectivity index (χ2v) is 9.19. The molecule has 9 nitrogen and oxygen atoms in total. The number of hydrogen-bond donors (Lipinski definition) is 0. The zero-order valence-electron chi connectivity index (χ0n) is 20.4. The first-order chi connectivity index (χ1) is 17.9. The molecule has 1 unspecified atom stereocenters. The Bertz CT molecular complexity index is 1670. The van der Waals surface area contributed by atoms with Gasteiger partial charge in [-0.2, -0.15) is 4.99 Å². The fraction of sp³-hybridized carbons (Fsp3) is 0.296. The van der Waals surface area contributed by atoms with Crippen LogP contribution >= 0.6 is 11.6 Å². The predicted molar refractivity (Wildman–Crippen MR) is 138 cm³/mol. The Hall–Kier alpha value is -3.82. The molecule has 0 aliphatic carbocycles. The molecule has 3 aromatic heterocycles. The topological polar surface area (TPSA) is 104 Å². The number of hydrogen-bond acceptors (Lipinski definition) is 6. The van der Waals surface area contributed by atoms with E-state index in [1.165, 1.54) is 10.5 Å². The van der Waals surface area contributed by atoms with E-state index in [-0.39, 0.29) is 51.8 Å². The summed E-state index contributed by atoms with van der Waals surface area (Å²) < 4.78 is 14.2. The number of ether oxygens (including phenoxy) is 2. The van der Waals surface area contributed by atoms with E-state index in [2.05, 4.69) is 4.99 Å². The van der Waals surface area contributed by atoms with Crippen LogP contribution in [-0.4, -0.2) is 45.1 Å². The molecule has 0 N–H and O–H groups in total. The number of halogens is 1. The number of nitrogens with zero attached hydrogens (tertiary/aromatic N) is 4. The number of pyridine rings is 2. The summed E-state index contributed by atoms with van der Waals surface area (Å²) in [6, 6.07) is 11.6. The van der Waals surface area contributed by atoms with Crippen LogP contribution in [-0.2, 0) is 16.0 Å². The van der Waals surface area contributed by atoms with Crippen molar-refractivity contribution in [3.05, 3.63) is 86.2 Å². The maximum atomic E-state index is 13.6. The minimum Gasteiger partial charge on any atom is -0.462 e. The maximum Gasteiger partial charge on any atom is 0.341 e. The minimum absolute atomic E-state index is 0.0146. The molecule has 4 aromatic rings. The lowest BCUT2D eigenvalue weighted by atomic mass is 10.1. The van der Waals surface area contributed by atoms with E-state index in [1.807, 2.05) is 13.0 Å². The van der Waals surface area contributed by atoms with Gasteiger partial charge >= 0.3 is 5.97 Å². The number of benzene rings is 1. The number of aryl methyl sites for hydroxylation is 1. The van der Waals surface area contributed by atoms with Crippen molar-refractivity contribution in [2.45, 2.75) is 39.3 Å². The molecule has 0 radical (unpaired) electrons. The van der Waals surface area contributed by atoms with Crippen molar-refractivity contribution in [2.75, 3.05) is 13.2 Å². The van der Waals surface area contributed by atoms with Gasteiger partial charge in [0.25, 0.3) is 11.5 Å². The zero-order chi connectivity index (χ0) is 26.1. The summed E-state index contributed by atoms with van der Waals surface area (Å²) in [4.78, 5) is 49.1. The first-order valence-corrected chi connectivity index (χ1v) is 12.4. The molecule has 1 fully saturated rings. The van der Waals surface area contributed by atoms with Crippen LogP contribution in [0.15, 0.2) is 58.4 Å². The number of esters is 1. The van der Waals surface area contributed by atoms with E-state index >= 15 is 0 Å². The third-order valence-corrected chi connectivity index (χ3v) is 6.65. The minimum atomic E-state index is -0.704. The molecule has 1 amide bonds. The Morgan fingerprint density at radius 2 is 2.00 bits per heavy atom. The third-order valence-electron chi connectivity index (χ3n) is 6.32. The van der Waals surface area contributed by atoms with Gasteiger partial charge in [0.1, 0.15) is 16.9 Å². The highest BCUT2D eigenvalue weighted by Gasteiger charge is 2.24. The van der Waals surface area contributed by atoms with Crippen molar-refractivity contribution >= 4 is 40.2 Å². The Labute approximate surface area is 217 Å². The number of carbonyl (C=O) groups excluding carboxylic acids is 2. The summed E-state index contributed by atoms with van der Waals surface area (Å²) in [6.07, 6.45) is 3.09. The van der Waals surface area contributed by atoms with E-state index in [0.717, 1.165) is 18.4 Å². The molecule has 1 atom stereocenters. The molecule has 0 spiro atoms.